The molecule has 0 radical (unpaired) electrons. The molecule has 132 valence electrons. The Bertz CT molecular complexity index is 919. The molecule has 1 aliphatic heterocycles. The summed E-state index contributed by atoms with van der Waals surface area (Å²) in [6.07, 6.45) is 0.907. The highest BCUT2D eigenvalue weighted by Gasteiger charge is 2.39. The van der Waals surface area contributed by atoms with Crippen LogP contribution in [-0.2, 0) is 0 Å². The molecule has 1 atom stereocenters. The highest BCUT2D eigenvalue weighted by atomic mass is 32.1. The SMILES string of the molecule is CCCN1c2ccccc2C(=O)N(c2ccccc2)C1c1ccc(C)s1. The third-order valence-electron chi connectivity index (χ3n) is 4.72. The highest BCUT2D eigenvalue weighted by Crippen LogP contribution is 2.43. The molecule has 3 aromatic rings. The van der Waals surface area contributed by atoms with Gasteiger partial charge < -0.3 is 4.90 Å². The smallest absolute Gasteiger partial charge is 0.262 e. The van der Waals surface area contributed by atoms with Crippen molar-refractivity contribution in [3.05, 3.63) is 82.0 Å². The molecule has 1 aromatic heterocycles. The molecule has 0 aliphatic carbocycles. The first-order valence-corrected chi connectivity index (χ1v) is 9.83. The summed E-state index contributed by atoms with van der Waals surface area (Å²) in [7, 11) is 0. The number of amides is 1. The predicted molar refractivity (Wildman–Crippen MR) is 109 cm³/mol. The maximum atomic E-state index is 13.5. The van der Waals surface area contributed by atoms with Crippen LogP contribution >= 0.6 is 11.3 Å². The molecule has 4 rings (SSSR count). The summed E-state index contributed by atoms with van der Waals surface area (Å²) in [6, 6.07) is 22.3. The largest absolute Gasteiger partial charge is 0.346 e. The highest BCUT2D eigenvalue weighted by molar-refractivity contribution is 7.12. The van der Waals surface area contributed by atoms with Crippen molar-refractivity contribution >= 4 is 28.6 Å². The van der Waals surface area contributed by atoms with E-state index in [-0.39, 0.29) is 12.1 Å². The van der Waals surface area contributed by atoms with E-state index < -0.39 is 0 Å². The fourth-order valence-electron chi connectivity index (χ4n) is 3.62. The molecule has 1 amide bonds. The van der Waals surface area contributed by atoms with Gasteiger partial charge in [-0.15, -0.1) is 11.3 Å². The zero-order chi connectivity index (χ0) is 18.1. The summed E-state index contributed by atoms with van der Waals surface area (Å²) in [5.74, 6) is 0.0650. The number of rotatable bonds is 4. The summed E-state index contributed by atoms with van der Waals surface area (Å²) < 4.78 is 0. The number of anilines is 2. The quantitative estimate of drug-likeness (QED) is 0.600. The van der Waals surface area contributed by atoms with E-state index in [0.717, 1.165) is 29.9 Å². The fourth-order valence-corrected chi connectivity index (χ4v) is 4.60. The van der Waals surface area contributed by atoms with Gasteiger partial charge in [0.1, 0.15) is 6.17 Å². The lowest BCUT2D eigenvalue weighted by molar-refractivity contribution is 0.0969. The molecule has 1 aliphatic rings. The van der Waals surface area contributed by atoms with Crippen LogP contribution in [0.1, 0.15) is 39.6 Å². The Morgan fingerprint density at radius 2 is 1.69 bits per heavy atom. The number of carbonyl (C=O) groups is 1. The van der Waals surface area contributed by atoms with Gasteiger partial charge >= 0.3 is 0 Å². The third kappa shape index (κ3) is 2.80. The minimum Gasteiger partial charge on any atom is -0.346 e. The molecule has 0 fully saturated rings. The second-order valence-electron chi connectivity index (χ2n) is 6.54. The maximum Gasteiger partial charge on any atom is 0.262 e. The second-order valence-corrected chi connectivity index (χ2v) is 7.86. The number of para-hydroxylation sites is 2. The molecule has 2 aromatic carbocycles. The minimum atomic E-state index is -0.113. The van der Waals surface area contributed by atoms with Gasteiger partial charge in [0, 0.05) is 22.0 Å². The lowest BCUT2D eigenvalue weighted by atomic mass is 10.0. The lowest BCUT2D eigenvalue weighted by Gasteiger charge is -2.45. The van der Waals surface area contributed by atoms with Crippen LogP contribution in [0.25, 0.3) is 0 Å². The van der Waals surface area contributed by atoms with Gasteiger partial charge in [0.25, 0.3) is 5.91 Å². The van der Waals surface area contributed by atoms with Gasteiger partial charge in [-0.25, -0.2) is 0 Å². The standard InChI is InChI=1S/C22H22N2OS/c1-3-15-23-19-12-8-7-11-18(19)22(25)24(17-9-5-4-6-10-17)21(23)20-14-13-16(2)26-20/h4-14,21H,3,15H2,1-2H3. The maximum absolute atomic E-state index is 13.5. The van der Waals surface area contributed by atoms with Crippen LogP contribution in [-0.4, -0.2) is 12.5 Å². The number of thiophene rings is 1. The summed E-state index contributed by atoms with van der Waals surface area (Å²) in [6.45, 7) is 5.20. The van der Waals surface area contributed by atoms with E-state index in [2.05, 4.69) is 36.9 Å². The Labute approximate surface area is 158 Å². The van der Waals surface area contributed by atoms with E-state index in [0.29, 0.717) is 0 Å². The van der Waals surface area contributed by atoms with E-state index in [1.165, 1.54) is 9.75 Å². The second kappa shape index (κ2) is 6.96. The minimum absolute atomic E-state index is 0.0650. The van der Waals surface area contributed by atoms with Gasteiger partial charge in [-0.3, -0.25) is 9.69 Å². The van der Waals surface area contributed by atoms with Gasteiger partial charge in [-0.2, -0.15) is 0 Å². The van der Waals surface area contributed by atoms with Gasteiger partial charge in [-0.1, -0.05) is 37.3 Å². The Kier molecular flexibility index (Phi) is 4.51. The molecule has 26 heavy (non-hydrogen) atoms. The Morgan fingerprint density at radius 1 is 0.962 bits per heavy atom. The molecule has 0 bridgehead atoms. The summed E-state index contributed by atoms with van der Waals surface area (Å²) in [5.41, 5.74) is 2.74. The van der Waals surface area contributed by atoms with E-state index >= 15 is 0 Å². The topological polar surface area (TPSA) is 23.6 Å². The van der Waals surface area contributed by atoms with Crippen molar-refractivity contribution in [3.63, 3.8) is 0 Å². The molecule has 3 nitrogen and oxygen atoms in total. The summed E-state index contributed by atoms with van der Waals surface area (Å²) in [5, 5.41) is 0. The van der Waals surface area contributed by atoms with Gasteiger partial charge in [0.05, 0.1) is 11.3 Å². The monoisotopic (exact) mass is 362 g/mol. The molecular formula is C22H22N2OS. The fraction of sp³-hybridized carbons (Fsp3) is 0.227. The molecule has 2 heterocycles. The van der Waals surface area contributed by atoms with Crippen LogP contribution in [0.4, 0.5) is 11.4 Å². The molecule has 4 heteroatoms. The number of nitrogens with zero attached hydrogens (tertiary/aromatic N) is 2. The molecule has 0 saturated carbocycles. The van der Waals surface area contributed by atoms with E-state index in [1.807, 2.05) is 53.4 Å². The predicted octanol–water partition coefficient (Wildman–Crippen LogP) is 5.63. The van der Waals surface area contributed by atoms with Gasteiger partial charge in [-0.05, 0) is 49.7 Å². The van der Waals surface area contributed by atoms with Crippen LogP contribution in [0.2, 0.25) is 0 Å². The van der Waals surface area contributed by atoms with Crippen molar-refractivity contribution in [2.75, 3.05) is 16.3 Å². The van der Waals surface area contributed by atoms with E-state index in [9.17, 15) is 4.79 Å². The molecule has 1 unspecified atom stereocenters. The van der Waals surface area contributed by atoms with E-state index in [1.54, 1.807) is 11.3 Å². The van der Waals surface area contributed by atoms with Crippen LogP contribution in [0, 0.1) is 6.92 Å². The van der Waals surface area contributed by atoms with Crippen molar-refractivity contribution < 1.29 is 4.79 Å². The summed E-state index contributed by atoms with van der Waals surface area (Å²) >= 11 is 1.76. The van der Waals surface area contributed by atoms with Crippen molar-refractivity contribution in [1.29, 1.82) is 0 Å². The molecule has 0 spiro atoms. The third-order valence-corrected chi connectivity index (χ3v) is 5.76. The number of aryl methyl sites for hydroxylation is 1. The Morgan fingerprint density at radius 3 is 2.38 bits per heavy atom. The zero-order valence-electron chi connectivity index (χ0n) is 15.1. The summed E-state index contributed by atoms with van der Waals surface area (Å²) in [4.78, 5) is 20.2. The number of fused-ring (bicyclic) bond motifs is 1. The van der Waals surface area contributed by atoms with Crippen LogP contribution < -0.4 is 9.80 Å². The first-order chi connectivity index (χ1) is 12.7. The first-order valence-electron chi connectivity index (χ1n) is 9.01. The average molecular weight is 362 g/mol. The molecule has 0 saturated heterocycles. The zero-order valence-corrected chi connectivity index (χ0v) is 15.9. The molecule has 0 N–H and O–H groups in total. The Hall–Kier alpha value is -2.59. The lowest BCUT2D eigenvalue weighted by Crippen LogP contribution is -2.49. The number of hydrogen-bond acceptors (Lipinski definition) is 3. The van der Waals surface area contributed by atoms with Crippen molar-refractivity contribution in [1.82, 2.24) is 0 Å². The van der Waals surface area contributed by atoms with Crippen molar-refractivity contribution in [2.24, 2.45) is 0 Å². The van der Waals surface area contributed by atoms with Crippen molar-refractivity contribution in [2.45, 2.75) is 26.4 Å². The number of carbonyl (C=O) groups excluding carboxylic acids is 1. The average Bonchev–Trinajstić information content (AvgIpc) is 3.10. The van der Waals surface area contributed by atoms with Gasteiger partial charge in [0.2, 0.25) is 0 Å². The number of hydrogen-bond donors (Lipinski definition) is 0. The van der Waals surface area contributed by atoms with Crippen LogP contribution in [0.3, 0.4) is 0 Å². The molecular weight excluding hydrogens is 340 g/mol. The Balaban J connectivity index is 1.94. The van der Waals surface area contributed by atoms with Crippen LogP contribution in [0.15, 0.2) is 66.7 Å². The van der Waals surface area contributed by atoms with Crippen LogP contribution in [0.5, 0.6) is 0 Å². The number of benzene rings is 2. The normalized spacial score (nSPS) is 16.7. The van der Waals surface area contributed by atoms with Crippen molar-refractivity contribution in [3.8, 4) is 0 Å². The van der Waals surface area contributed by atoms with Gasteiger partial charge in [0.15, 0.2) is 0 Å². The first kappa shape index (κ1) is 16.9. The van der Waals surface area contributed by atoms with E-state index in [4.69, 9.17) is 0 Å².